The molecule has 262 valence electrons. The van der Waals surface area contributed by atoms with E-state index < -0.39 is 0 Å². The van der Waals surface area contributed by atoms with Crippen molar-refractivity contribution in [3.05, 3.63) is 68.8 Å². The zero-order valence-corrected chi connectivity index (χ0v) is 28.7. The molecule has 0 N–H and O–H groups in total. The van der Waals surface area contributed by atoms with Gasteiger partial charge in [0.05, 0.1) is 64.8 Å². The van der Waals surface area contributed by atoms with Gasteiger partial charge in [0.25, 0.3) is 0 Å². The number of hydrogen-bond donors (Lipinski definition) is 0. The van der Waals surface area contributed by atoms with Crippen molar-refractivity contribution < 1.29 is 36.6 Å². The van der Waals surface area contributed by atoms with Gasteiger partial charge in [0.2, 0.25) is 11.5 Å². The van der Waals surface area contributed by atoms with E-state index in [1.54, 1.807) is 51.0 Å². The molecule has 2 aliphatic rings. The van der Waals surface area contributed by atoms with E-state index >= 15 is 0 Å². The molecule has 2 aliphatic heterocycles. The molecule has 50 heavy (non-hydrogen) atoms. The summed E-state index contributed by atoms with van der Waals surface area (Å²) in [6.07, 6.45) is 7.46. The Morgan fingerprint density at radius 3 is 1.32 bits per heavy atom. The van der Waals surface area contributed by atoms with Crippen molar-refractivity contribution in [1.29, 1.82) is 0 Å². The van der Waals surface area contributed by atoms with Crippen LogP contribution in [0.25, 0.3) is 43.9 Å². The lowest BCUT2D eigenvalue weighted by Crippen LogP contribution is -2.40. The van der Waals surface area contributed by atoms with Crippen molar-refractivity contribution >= 4 is 43.9 Å². The second kappa shape index (κ2) is 13.1. The number of ether oxygens (including phenoxy) is 4. The predicted molar refractivity (Wildman–Crippen MR) is 187 cm³/mol. The quantitative estimate of drug-likeness (QED) is 0.164. The number of nitrogens with zero attached hydrogens (tertiary/aromatic N) is 2. The van der Waals surface area contributed by atoms with Crippen molar-refractivity contribution in [2.24, 2.45) is 11.8 Å². The molecule has 0 radical (unpaired) electrons. The maximum absolute atomic E-state index is 13.3. The third-order valence-electron chi connectivity index (χ3n) is 10.6. The molecule has 2 aromatic carbocycles. The summed E-state index contributed by atoms with van der Waals surface area (Å²) in [5.74, 6) is 4.09. The molecular formula is C38H40N2O10. The second-order valence-electron chi connectivity index (χ2n) is 13.2. The zero-order chi connectivity index (χ0) is 34.5. The average molecular weight is 685 g/mol. The van der Waals surface area contributed by atoms with Gasteiger partial charge >= 0.3 is 0 Å². The van der Waals surface area contributed by atoms with Gasteiger partial charge < -0.3 is 36.6 Å². The van der Waals surface area contributed by atoms with Gasteiger partial charge in [0, 0.05) is 12.1 Å². The number of likely N-dealkylation sites (tertiary alicyclic amines) is 2. The molecule has 0 saturated carbocycles. The summed E-state index contributed by atoms with van der Waals surface area (Å²) >= 11 is 0. The van der Waals surface area contributed by atoms with E-state index in [0.717, 1.165) is 51.9 Å². The predicted octanol–water partition coefficient (Wildman–Crippen LogP) is 6.55. The lowest BCUT2D eigenvalue weighted by Gasteiger charge is -2.40. The minimum Gasteiger partial charge on any atom is -0.495 e. The molecule has 0 unspecified atom stereocenters. The first-order chi connectivity index (χ1) is 24.4. The van der Waals surface area contributed by atoms with Gasteiger partial charge in [-0.2, -0.15) is 0 Å². The molecule has 0 aliphatic carbocycles. The summed E-state index contributed by atoms with van der Waals surface area (Å²) in [6.45, 7) is 4.80. The van der Waals surface area contributed by atoms with E-state index in [0.29, 0.717) is 103 Å². The number of methoxy groups -OCH3 is 4. The first kappa shape index (κ1) is 32.3. The number of piperidine rings is 2. The van der Waals surface area contributed by atoms with E-state index in [1.165, 1.54) is 14.2 Å². The van der Waals surface area contributed by atoms with E-state index in [2.05, 4.69) is 9.80 Å². The van der Waals surface area contributed by atoms with Crippen LogP contribution in [0.2, 0.25) is 0 Å². The molecule has 6 aromatic rings. The van der Waals surface area contributed by atoms with Gasteiger partial charge in [-0.3, -0.25) is 19.4 Å². The molecular weight excluding hydrogens is 644 g/mol. The molecule has 12 heteroatoms. The highest BCUT2D eigenvalue weighted by Gasteiger charge is 2.31. The Kier molecular flexibility index (Phi) is 8.44. The molecule has 2 saturated heterocycles. The molecule has 4 aromatic heterocycles. The van der Waals surface area contributed by atoms with Crippen molar-refractivity contribution in [3.63, 3.8) is 0 Å². The Labute approximate surface area is 287 Å². The summed E-state index contributed by atoms with van der Waals surface area (Å²) in [5.41, 5.74) is 1.32. The monoisotopic (exact) mass is 684 g/mol. The first-order valence-electron chi connectivity index (χ1n) is 17.0. The van der Waals surface area contributed by atoms with E-state index in [1.807, 2.05) is 0 Å². The van der Waals surface area contributed by atoms with Crippen LogP contribution in [0.5, 0.6) is 23.0 Å². The van der Waals surface area contributed by atoms with Crippen LogP contribution in [-0.4, -0.2) is 64.4 Å². The maximum atomic E-state index is 13.3. The number of benzene rings is 2. The Balaban J connectivity index is 0.910. The fourth-order valence-electron chi connectivity index (χ4n) is 8.19. The van der Waals surface area contributed by atoms with Gasteiger partial charge in [0.1, 0.15) is 33.8 Å². The standard InChI is InChI=1S/C38H40N2O10/c1-43-31-25-9-15-47-33(25)37(45-3)35-29(31)27(41)17-23(49-35)19-39-11-5-21(6-12-39)22-7-13-40(14-8-22)20-24-18-28(42)30-32(44-2)26-10-16-48-34(26)38(46-4)36(30)50-24/h9-10,15-18,21-22H,5-8,11-14,19-20H2,1-4H3. The first-order valence-corrected chi connectivity index (χ1v) is 17.0. The highest BCUT2D eigenvalue weighted by atomic mass is 16.5. The van der Waals surface area contributed by atoms with Gasteiger partial charge in [0.15, 0.2) is 33.2 Å². The van der Waals surface area contributed by atoms with E-state index in [-0.39, 0.29) is 10.9 Å². The van der Waals surface area contributed by atoms with Crippen LogP contribution in [-0.2, 0) is 13.1 Å². The summed E-state index contributed by atoms with van der Waals surface area (Å²) < 4.78 is 46.4. The van der Waals surface area contributed by atoms with Crippen LogP contribution in [0.1, 0.15) is 37.2 Å². The lowest BCUT2D eigenvalue weighted by molar-refractivity contribution is 0.0858. The summed E-state index contributed by atoms with van der Waals surface area (Å²) in [5, 5.41) is 2.04. The molecule has 0 spiro atoms. The molecule has 2 fully saturated rings. The SMILES string of the molecule is COc1c2occc2c(OC)c2c(=O)cc(CN3CCC(C4CCN(Cc5cc(=O)c6c(OC)c7ccoc7c(OC)c6o5)CC4)CC3)oc12. The van der Waals surface area contributed by atoms with Crippen LogP contribution in [0, 0.1) is 11.8 Å². The molecule has 0 bridgehead atoms. The van der Waals surface area contributed by atoms with E-state index in [4.69, 9.17) is 36.6 Å². The number of fused-ring (bicyclic) bond motifs is 4. The third-order valence-corrected chi connectivity index (χ3v) is 10.6. The fourth-order valence-corrected chi connectivity index (χ4v) is 8.19. The molecule has 6 heterocycles. The van der Waals surface area contributed by atoms with Crippen LogP contribution >= 0.6 is 0 Å². The lowest BCUT2D eigenvalue weighted by atomic mass is 9.79. The smallest absolute Gasteiger partial charge is 0.206 e. The van der Waals surface area contributed by atoms with E-state index in [9.17, 15) is 9.59 Å². The largest absolute Gasteiger partial charge is 0.495 e. The van der Waals surface area contributed by atoms with Gasteiger partial charge in [-0.25, -0.2) is 0 Å². The molecule has 8 rings (SSSR count). The zero-order valence-electron chi connectivity index (χ0n) is 28.7. The average Bonchev–Trinajstić information content (AvgIpc) is 3.81. The second-order valence-corrected chi connectivity index (χ2v) is 13.2. The maximum Gasteiger partial charge on any atom is 0.206 e. The van der Waals surface area contributed by atoms with Gasteiger partial charge in [-0.05, 0) is 75.8 Å². The van der Waals surface area contributed by atoms with Crippen molar-refractivity contribution in [2.75, 3.05) is 54.6 Å². The Morgan fingerprint density at radius 1 is 0.580 bits per heavy atom. The fraction of sp³-hybridized carbons (Fsp3) is 0.421. The normalized spacial score (nSPS) is 17.0. The minimum atomic E-state index is -0.169. The molecule has 0 atom stereocenters. The van der Waals surface area contributed by atoms with Crippen molar-refractivity contribution in [1.82, 2.24) is 9.80 Å². The Bertz CT molecular complexity index is 2150. The Hall–Kier alpha value is -4.94. The van der Waals surface area contributed by atoms with Crippen molar-refractivity contribution in [3.8, 4) is 23.0 Å². The van der Waals surface area contributed by atoms with Crippen LogP contribution in [0.4, 0.5) is 0 Å². The highest BCUT2D eigenvalue weighted by molar-refractivity contribution is 6.07. The third kappa shape index (κ3) is 5.37. The van der Waals surface area contributed by atoms with Crippen LogP contribution < -0.4 is 29.8 Å². The minimum absolute atomic E-state index is 0.169. The van der Waals surface area contributed by atoms with Gasteiger partial charge in [-0.15, -0.1) is 0 Å². The topological polar surface area (TPSA) is 130 Å². The van der Waals surface area contributed by atoms with Crippen molar-refractivity contribution in [2.45, 2.75) is 38.8 Å². The van der Waals surface area contributed by atoms with Gasteiger partial charge in [-0.1, -0.05) is 0 Å². The summed E-state index contributed by atoms with van der Waals surface area (Å²) in [6, 6.07) is 6.66. The highest BCUT2D eigenvalue weighted by Crippen LogP contribution is 2.44. The number of furan rings is 2. The number of hydrogen-bond acceptors (Lipinski definition) is 12. The van der Waals surface area contributed by atoms with Crippen LogP contribution in [0.3, 0.4) is 0 Å². The molecule has 12 nitrogen and oxygen atoms in total. The summed E-state index contributed by atoms with van der Waals surface area (Å²) in [7, 11) is 6.15. The Morgan fingerprint density at radius 2 is 0.960 bits per heavy atom. The number of rotatable bonds is 9. The van der Waals surface area contributed by atoms with Crippen LogP contribution in [0.15, 0.2) is 64.0 Å². The summed E-state index contributed by atoms with van der Waals surface area (Å²) in [4.78, 5) is 31.4. The molecule has 0 amide bonds.